The highest BCUT2D eigenvalue weighted by Gasteiger charge is 2.24. The van der Waals surface area contributed by atoms with Gasteiger partial charge in [-0.25, -0.2) is 9.97 Å². The molecule has 6 aromatic rings. The highest BCUT2D eigenvalue weighted by molar-refractivity contribution is 6.36. The fourth-order valence-electron chi connectivity index (χ4n) is 6.28. The number of hydrogen-bond donors (Lipinski definition) is 2. The zero-order valence-corrected chi connectivity index (χ0v) is 25.0. The highest BCUT2D eigenvalue weighted by Crippen LogP contribution is 2.37. The van der Waals surface area contributed by atoms with Crippen LogP contribution >= 0.6 is 11.6 Å². The molecule has 0 bridgehead atoms. The third-order valence-electron chi connectivity index (χ3n) is 8.41. The van der Waals surface area contributed by atoms with E-state index < -0.39 is 6.04 Å². The standard InChI is InChI=1S/C35H31ClN6O2/c1-22(40-34-30-28(43)17-18-37-33(30)38-21-39-34)32-31(36)27-12-8-11-26(29(27)35(44)42(32)25-9-4-2-5-10-25)23-13-15-24(16-14-23)41-19-6-3-7-20-41/h2,4-5,8-18,21-22H,3,6-7,19-20H2,1H3,(H2,37,38,39,40,43)/t22-/m0/s1. The van der Waals surface area contributed by atoms with Gasteiger partial charge in [0.05, 0.1) is 22.1 Å². The number of halogens is 1. The van der Waals surface area contributed by atoms with Gasteiger partial charge in [0.1, 0.15) is 23.2 Å². The molecule has 0 amide bonds. The maximum Gasteiger partial charge on any atom is 0.263 e. The summed E-state index contributed by atoms with van der Waals surface area (Å²) in [5, 5.41) is 5.34. The number of nitrogens with one attached hydrogen (secondary N) is 2. The van der Waals surface area contributed by atoms with Crippen molar-refractivity contribution in [3.63, 3.8) is 0 Å². The van der Waals surface area contributed by atoms with E-state index in [0.717, 1.165) is 24.2 Å². The number of piperidine rings is 1. The zero-order valence-electron chi connectivity index (χ0n) is 24.3. The van der Waals surface area contributed by atoms with Crippen molar-refractivity contribution in [3.05, 3.63) is 123 Å². The SMILES string of the molecule is C[C@H](Nc1ncnc2[nH]ccc(=O)c12)c1c(Cl)c2cccc(-c3ccc(N4CCCCC4)cc3)c2c(=O)n1-c1ccccc1. The van der Waals surface area contributed by atoms with Crippen LogP contribution in [-0.2, 0) is 0 Å². The lowest BCUT2D eigenvalue weighted by Crippen LogP contribution is -2.29. The van der Waals surface area contributed by atoms with Crippen LogP contribution in [0.3, 0.4) is 0 Å². The predicted molar refractivity (Wildman–Crippen MR) is 178 cm³/mol. The first kappa shape index (κ1) is 27.9. The van der Waals surface area contributed by atoms with Crippen LogP contribution in [0, 0.1) is 0 Å². The molecule has 2 N–H and O–H groups in total. The fourth-order valence-corrected chi connectivity index (χ4v) is 6.68. The van der Waals surface area contributed by atoms with Gasteiger partial charge in [0, 0.05) is 42.1 Å². The quantitative estimate of drug-likeness (QED) is 0.211. The number of aromatic nitrogens is 4. The number of para-hydroxylation sites is 1. The van der Waals surface area contributed by atoms with Crippen LogP contribution in [0.25, 0.3) is 38.6 Å². The minimum Gasteiger partial charge on any atom is -0.372 e. The van der Waals surface area contributed by atoms with E-state index >= 15 is 0 Å². The normalized spacial score (nSPS) is 14.2. The summed E-state index contributed by atoms with van der Waals surface area (Å²) in [5.74, 6) is 0.357. The minimum atomic E-state index is -0.509. The molecule has 220 valence electrons. The summed E-state index contributed by atoms with van der Waals surface area (Å²) in [6.07, 6.45) is 6.65. The van der Waals surface area contributed by atoms with Crippen LogP contribution in [0.1, 0.15) is 37.9 Å². The Balaban J connectivity index is 1.39. The lowest BCUT2D eigenvalue weighted by Gasteiger charge is -2.29. The molecule has 0 saturated carbocycles. The number of rotatable bonds is 6. The van der Waals surface area contributed by atoms with Crippen molar-refractivity contribution in [3.8, 4) is 16.8 Å². The fraction of sp³-hybridized carbons (Fsp3) is 0.200. The Morgan fingerprint density at radius 1 is 0.841 bits per heavy atom. The van der Waals surface area contributed by atoms with Crippen LogP contribution in [0.4, 0.5) is 11.5 Å². The van der Waals surface area contributed by atoms with Gasteiger partial charge in [-0.1, -0.05) is 60.1 Å². The van der Waals surface area contributed by atoms with E-state index in [-0.39, 0.29) is 11.0 Å². The van der Waals surface area contributed by atoms with Gasteiger partial charge in [-0.05, 0) is 61.6 Å². The topological polar surface area (TPSA) is 95.9 Å². The number of aromatic amines is 1. The molecular formula is C35H31ClN6O2. The lowest BCUT2D eigenvalue weighted by molar-refractivity contribution is 0.578. The summed E-state index contributed by atoms with van der Waals surface area (Å²) in [6.45, 7) is 4.04. The second kappa shape index (κ2) is 11.6. The van der Waals surface area contributed by atoms with Crippen molar-refractivity contribution in [1.82, 2.24) is 19.5 Å². The largest absolute Gasteiger partial charge is 0.372 e. The van der Waals surface area contributed by atoms with Crippen molar-refractivity contribution >= 4 is 44.9 Å². The summed E-state index contributed by atoms with van der Waals surface area (Å²) < 4.78 is 1.67. The first-order valence-corrected chi connectivity index (χ1v) is 15.3. The molecule has 0 unspecified atom stereocenters. The predicted octanol–water partition coefficient (Wildman–Crippen LogP) is 7.11. The van der Waals surface area contributed by atoms with E-state index in [9.17, 15) is 9.59 Å². The molecule has 3 aromatic carbocycles. The number of fused-ring (bicyclic) bond motifs is 2. The van der Waals surface area contributed by atoms with Gasteiger partial charge in [-0.3, -0.25) is 14.2 Å². The summed E-state index contributed by atoms with van der Waals surface area (Å²) in [4.78, 5) is 41.4. The van der Waals surface area contributed by atoms with E-state index in [0.29, 0.717) is 44.0 Å². The number of anilines is 2. The molecular weight excluding hydrogens is 572 g/mol. The molecule has 9 heteroatoms. The Labute approximate surface area is 259 Å². The van der Waals surface area contributed by atoms with Crippen LogP contribution in [-0.4, -0.2) is 32.6 Å². The van der Waals surface area contributed by atoms with Gasteiger partial charge < -0.3 is 15.2 Å². The van der Waals surface area contributed by atoms with Crippen molar-refractivity contribution in [1.29, 1.82) is 0 Å². The average molecular weight is 603 g/mol. The molecule has 0 aliphatic carbocycles. The Kier molecular flexibility index (Phi) is 7.36. The molecule has 1 aliphatic rings. The Hall–Kier alpha value is -4.95. The van der Waals surface area contributed by atoms with Gasteiger partial charge in [0.15, 0.2) is 5.43 Å². The van der Waals surface area contributed by atoms with Crippen molar-refractivity contribution in [2.45, 2.75) is 32.2 Å². The van der Waals surface area contributed by atoms with Gasteiger partial charge in [-0.2, -0.15) is 0 Å². The average Bonchev–Trinajstić information content (AvgIpc) is 3.07. The van der Waals surface area contributed by atoms with Gasteiger partial charge in [-0.15, -0.1) is 0 Å². The summed E-state index contributed by atoms with van der Waals surface area (Å²) in [7, 11) is 0. The van der Waals surface area contributed by atoms with Crippen LogP contribution in [0.15, 0.2) is 101 Å². The van der Waals surface area contributed by atoms with Crippen LogP contribution in [0.5, 0.6) is 0 Å². The van der Waals surface area contributed by atoms with Crippen molar-refractivity contribution in [2.75, 3.05) is 23.3 Å². The number of H-pyrrole nitrogens is 1. The first-order valence-electron chi connectivity index (χ1n) is 14.9. The molecule has 1 saturated heterocycles. The van der Waals surface area contributed by atoms with Gasteiger partial charge >= 0.3 is 0 Å². The molecule has 1 atom stereocenters. The van der Waals surface area contributed by atoms with Gasteiger partial charge in [0.25, 0.3) is 5.56 Å². The minimum absolute atomic E-state index is 0.180. The van der Waals surface area contributed by atoms with Gasteiger partial charge in [0.2, 0.25) is 0 Å². The molecule has 0 spiro atoms. The smallest absolute Gasteiger partial charge is 0.263 e. The van der Waals surface area contributed by atoms with E-state index in [1.54, 1.807) is 10.8 Å². The van der Waals surface area contributed by atoms with Crippen LogP contribution < -0.4 is 21.2 Å². The second-order valence-corrected chi connectivity index (χ2v) is 11.5. The van der Waals surface area contributed by atoms with Crippen molar-refractivity contribution < 1.29 is 0 Å². The Morgan fingerprint density at radius 3 is 2.39 bits per heavy atom. The van der Waals surface area contributed by atoms with E-state index in [4.69, 9.17) is 11.6 Å². The number of hydrogen-bond acceptors (Lipinski definition) is 6. The highest BCUT2D eigenvalue weighted by atomic mass is 35.5. The second-order valence-electron chi connectivity index (χ2n) is 11.2. The molecule has 3 aromatic heterocycles. The summed E-state index contributed by atoms with van der Waals surface area (Å²) >= 11 is 7.26. The molecule has 7 rings (SSSR count). The maximum absolute atomic E-state index is 14.6. The van der Waals surface area contributed by atoms with Crippen molar-refractivity contribution in [2.24, 2.45) is 0 Å². The lowest BCUT2D eigenvalue weighted by atomic mass is 9.97. The van der Waals surface area contributed by atoms with E-state index in [1.165, 1.54) is 37.3 Å². The molecule has 8 nitrogen and oxygen atoms in total. The molecule has 44 heavy (non-hydrogen) atoms. The molecule has 1 aliphatic heterocycles. The number of nitrogens with zero attached hydrogens (tertiary/aromatic N) is 4. The number of pyridine rings is 2. The monoisotopic (exact) mass is 602 g/mol. The van der Waals surface area contributed by atoms with Crippen LogP contribution in [0.2, 0.25) is 5.02 Å². The Bertz CT molecular complexity index is 2100. The third kappa shape index (κ3) is 4.91. The maximum atomic E-state index is 14.6. The first-order chi connectivity index (χ1) is 21.5. The molecule has 0 radical (unpaired) electrons. The number of benzene rings is 3. The molecule has 1 fully saturated rings. The third-order valence-corrected chi connectivity index (χ3v) is 8.81. The summed E-state index contributed by atoms with van der Waals surface area (Å²) in [6, 6.07) is 24.7. The summed E-state index contributed by atoms with van der Waals surface area (Å²) in [5.41, 5.74) is 4.25. The molecule has 4 heterocycles. The van der Waals surface area contributed by atoms with E-state index in [1.807, 2.05) is 55.5 Å². The van der Waals surface area contributed by atoms with E-state index in [2.05, 4.69) is 49.4 Å². The Morgan fingerprint density at radius 2 is 1.61 bits per heavy atom. The zero-order chi connectivity index (χ0) is 30.2.